The number of nitrogens with zero attached hydrogens (tertiary/aromatic N) is 2. The van der Waals surface area contributed by atoms with E-state index < -0.39 is 23.0 Å². The zero-order valence-electron chi connectivity index (χ0n) is 15.3. The van der Waals surface area contributed by atoms with Crippen molar-refractivity contribution < 1.29 is 24.0 Å². The summed E-state index contributed by atoms with van der Waals surface area (Å²) >= 11 is 12.0. The van der Waals surface area contributed by atoms with Gasteiger partial charge < -0.3 is 14.8 Å². The van der Waals surface area contributed by atoms with Crippen molar-refractivity contribution in [3.05, 3.63) is 62.1 Å². The Bertz CT molecular complexity index is 1030. The van der Waals surface area contributed by atoms with Gasteiger partial charge in [0, 0.05) is 23.7 Å². The SMILES string of the molecule is O=CC1CCCN1C(=O)Oc1ccc(Cl)cc1C(=O)Nc1ccc([N+](=O)[O-])cc1Cl. The summed E-state index contributed by atoms with van der Waals surface area (Å²) in [6, 6.07) is 7.12. The molecule has 0 aromatic heterocycles. The van der Waals surface area contributed by atoms with Gasteiger partial charge in [-0.05, 0) is 37.1 Å². The van der Waals surface area contributed by atoms with Crippen LogP contribution in [0.2, 0.25) is 10.0 Å². The second-order valence-corrected chi connectivity index (χ2v) is 7.27. The van der Waals surface area contributed by atoms with Crippen LogP contribution in [0.15, 0.2) is 36.4 Å². The van der Waals surface area contributed by atoms with Crippen LogP contribution < -0.4 is 10.1 Å². The Morgan fingerprint density at radius 3 is 2.67 bits per heavy atom. The Morgan fingerprint density at radius 1 is 1.23 bits per heavy atom. The van der Waals surface area contributed by atoms with Crippen molar-refractivity contribution in [2.24, 2.45) is 0 Å². The van der Waals surface area contributed by atoms with E-state index in [0.29, 0.717) is 25.7 Å². The number of hydrogen-bond donors (Lipinski definition) is 1. The maximum absolute atomic E-state index is 12.8. The molecule has 1 aliphatic heterocycles. The van der Waals surface area contributed by atoms with E-state index in [-0.39, 0.29) is 32.7 Å². The molecule has 2 aromatic carbocycles. The van der Waals surface area contributed by atoms with Crippen LogP contribution in [0.1, 0.15) is 23.2 Å². The number of rotatable bonds is 5. The lowest BCUT2D eigenvalue weighted by Crippen LogP contribution is -2.38. The lowest BCUT2D eigenvalue weighted by molar-refractivity contribution is -0.384. The topological polar surface area (TPSA) is 119 Å². The average Bonchev–Trinajstić information content (AvgIpc) is 3.19. The van der Waals surface area contributed by atoms with Gasteiger partial charge in [0.15, 0.2) is 0 Å². The molecule has 0 saturated carbocycles. The molecule has 1 aliphatic rings. The number of likely N-dealkylation sites (tertiary alicyclic amines) is 1. The summed E-state index contributed by atoms with van der Waals surface area (Å²) in [4.78, 5) is 47.8. The number of carbonyl (C=O) groups is 3. The normalized spacial score (nSPS) is 15.5. The number of anilines is 1. The number of nitro groups is 1. The maximum atomic E-state index is 12.8. The van der Waals surface area contributed by atoms with Gasteiger partial charge in [-0.1, -0.05) is 23.2 Å². The summed E-state index contributed by atoms with van der Waals surface area (Å²) in [5.41, 5.74) is -0.150. The highest BCUT2D eigenvalue weighted by Gasteiger charge is 2.30. The third kappa shape index (κ3) is 4.69. The first-order valence-electron chi connectivity index (χ1n) is 8.78. The molecule has 11 heteroatoms. The number of nitro benzene ring substituents is 1. The number of non-ortho nitro benzene ring substituents is 1. The molecule has 0 spiro atoms. The van der Waals surface area contributed by atoms with Crippen LogP contribution in [0.25, 0.3) is 0 Å². The minimum absolute atomic E-state index is 0.0379. The highest BCUT2D eigenvalue weighted by Crippen LogP contribution is 2.30. The van der Waals surface area contributed by atoms with Gasteiger partial charge >= 0.3 is 6.09 Å². The van der Waals surface area contributed by atoms with E-state index in [4.69, 9.17) is 27.9 Å². The zero-order chi connectivity index (χ0) is 21.8. The summed E-state index contributed by atoms with van der Waals surface area (Å²) in [6.45, 7) is 0.371. The molecule has 0 aliphatic carbocycles. The van der Waals surface area contributed by atoms with Gasteiger partial charge in [-0.3, -0.25) is 19.8 Å². The van der Waals surface area contributed by atoms with Gasteiger partial charge in [0.2, 0.25) is 0 Å². The third-order valence-corrected chi connectivity index (χ3v) is 5.03. The average molecular weight is 452 g/mol. The van der Waals surface area contributed by atoms with Crippen molar-refractivity contribution in [2.75, 3.05) is 11.9 Å². The van der Waals surface area contributed by atoms with E-state index in [1.54, 1.807) is 0 Å². The van der Waals surface area contributed by atoms with Gasteiger partial charge in [-0.25, -0.2) is 4.79 Å². The molecule has 1 unspecified atom stereocenters. The highest BCUT2D eigenvalue weighted by molar-refractivity contribution is 6.34. The Balaban J connectivity index is 1.82. The van der Waals surface area contributed by atoms with Crippen molar-refractivity contribution >= 4 is 52.9 Å². The van der Waals surface area contributed by atoms with Gasteiger partial charge in [-0.2, -0.15) is 0 Å². The number of ether oxygens (including phenoxy) is 1. The number of nitrogens with one attached hydrogen (secondary N) is 1. The Labute approximate surface area is 180 Å². The molecule has 1 atom stereocenters. The van der Waals surface area contributed by atoms with E-state index in [9.17, 15) is 24.5 Å². The van der Waals surface area contributed by atoms with Crippen LogP contribution in [-0.2, 0) is 4.79 Å². The van der Waals surface area contributed by atoms with Crippen molar-refractivity contribution in [3.8, 4) is 5.75 Å². The van der Waals surface area contributed by atoms with Crippen molar-refractivity contribution in [3.63, 3.8) is 0 Å². The minimum Gasteiger partial charge on any atom is -0.409 e. The van der Waals surface area contributed by atoms with Gasteiger partial charge in [-0.15, -0.1) is 0 Å². The molecule has 156 valence electrons. The fourth-order valence-corrected chi connectivity index (χ4v) is 3.38. The summed E-state index contributed by atoms with van der Waals surface area (Å²) < 4.78 is 5.34. The molecule has 1 saturated heterocycles. The number of carbonyl (C=O) groups excluding carboxylic acids is 3. The Morgan fingerprint density at radius 2 is 2.00 bits per heavy atom. The van der Waals surface area contributed by atoms with Crippen LogP contribution in [0, 0.1) is 10.1 Å². The van der Waals surface area contributed by atoms with Crippen LogP contribution in [0.4, 0.5) is 16.2 Å². The summed E-state index contributed by atoms with van der Waals surface area (Å²) in [6.07, 6.45) is 1.14. The molecule has 9 nitrogen and oxygen atoms in total. The summed E-state index contributed by atoms with van der Waals surface area (Å²) in [5, 5.41) is 13.5. The Hall–Kier alpha value is -3.17. The fourth-order valence-electron chi connectivity index (χ4n) is 2.99. The second kappa shape index (κ2) is 9.10. The second-order valence-electron chi connectivity index (χ2n) is 6.42. The van der Waals surface area contributed by atoms with Crippen LogP contribution in [0.5, 0.6) is 5.75 Å². The largest absolute Gasteiger partial charge is 0.415 e. The molecule has 30 heavy (non-hydrogen) atoms. The fraction of sp³-hybridized carbons (Fsp3) is 0.211. The predicted molar refractivity (Wildman–Crippen MR) is 109 cm³/mol. The lowest BCUT2D eigenvalue weighted by atomic mass is 10.1. The van der Waals surface area contributed by atoms with Crippen molar-refractivity contribution in [2.45, 2.75) is 18.9 Å². The highest BCUT2D eigenvalue weighted by atomic mass is 35.5. The molecule has 2 amide bonds. The zero-order valence-corrected chi connectivity index (χ0v) is 16.9. The number of amides is 2. The molecule has 1 N–H and O–H groups in total. The van der Waals surface area contributed by atoms with Gasteiger partial charge in [0.1, 0.15) is 12.0 Å². The molecule has 2 aromatic rings. The molecule has 1 heterocycles. The van der Waals surface area contributed by atoms with Crippen molar-refractivity contribution in [1.29, 1.82) is 0 Å². The predicted octanol–water partition coefficient (Wildman–Crippen LogP) is 4.32. The van der Waals surface area contributed by atoms with E-state index >= 15 is 0 Å². The number of benzene rings is 2. The first kappa shape index (κ1) is 21.5. The summed E-state index contributed by atoms with van der Waals surface area (Å²) in [5.74, 6) is -0.749. The first-order chi connectivity index (χ1) is 14.3. The summed E-state index contributed by atoms with van der Waals surface area (Å²) in [7, 11) is 0. The van der Waals surface area contributed by atoms with Crippen LogP contribution in [-0.4, -0.2) is 40.7 Å². The molecular formula is C19H15Cl2N3O6. The molecule has 0 bridgehead atoms. The van der Waals surface area contributed by atoms with E-state index in [1.807, 2.05) is 0 Å². The third-order valence-electron chi connectivity index (χ3n) is 4.49. The van der Waals surface area contributed by atoms with Gasteiger partial charge in [0.05, 0.1) is 27.2 Å². The lowest BCUT2D eigenvalue weighted by Gasteiger charge is -2.20. The molecule has 3 rings (SSSR count). The van der Waals surface area contributed by atoms with E-state index in [0.717, 1.165) is 6.07 Å². The van der Waals surface area contributed by atoms with Crippen molar-refractivity contribution in [1.82, 2.24) is 4.90 Å². The number of halogens is 2. The minimum atomic E-state index is -0.755. The van der Waals surface area contributed by atoms with Crippen LogP contribution >= 0.6 is 23.2 Å². The maximum Gasteiger partial charge on any atom is 0.415 e. The monoisotopic (exact) mass is 451 g/mol. The number of aldehydes is 1. The number of hydrogen-bond acceptors (Lipinski definition) is 6. The molecule has 0 radical (unpaired) electrons. The molecular weight excluding hydrogens is 437 g/mol. The van der Waals surface area contributed by atoms with Crippen LogP contribution in [0.3, 0.4) is 0 Å². The molecule has 1 fully saturated rings. The van der Waals surface area contributed by atoms with Gasteiger partial charge in [0.25, 0.3) is 11.6 Å². The standard InChI is InChI=1S/C19H15Cl2N3O6/c20-11-3-6-17(30-19(27)23-7-1-2-13(23)10-25)14(8-11)18(26)22-16-5-4-12(24(28)29)9-15(16)21/h3-6,8-10,13H,1-2,7H2,(H,22,26). The quantitative estimate of drug-likeness (QED) is 0.410. The first-order valence-corrected chi connectivity index (χ1v) is 9.54. The van der Waals surface area contributed by atoms with E-state index in [2.05, 4.69) is 5.32 Å². The smallest absolute Gasteiger partial charge is 0.409 e. The van der Waals surface area contributed by atoms with E-state index in [1.165, 1.54) is 35.2 Å². The Kier molecular flexibility index (Phi) is 6.53.